The third-order valence-electron chi connectivity index (χ3n) is 4.34. The summed E-state index contributed by atoms with van der Waals surface area (Å²) in [6, 6.07) is 9.44. The first-order chi connectivity index (χ1) is 12.0. The van der Waals surface area contributed by atoms with Gasteiger partial charge in [-0.25, -0.2) is 4.79 Å². The van der Waals surface area contributed by atoms with Crippen molar-refractivity contribution in [2.45, 2.75) is 13.0 Å². The first-order valence-electron chi connectivity index (χ1n) is 7.86. The van der Waals surface area contributed by atoms with Crippen LogP contribution in [0.4, 0.5) is 0 Å². The molecule has 0 amide bonds. The van der Waals surface area contributed by atoms with Crippen molar-refractivity contribution < 1.29 is 9.53 Å². The first kappa shape index (κ1) is 16.8. The molecule has 3 rings (SSSR count). The van der Waals surface area contributed by atoms with Crippen LogP contribution in [0, 0.1) is 0 Å². The summed E-state index contributed by atoms with van der Waals surface area (Å²) in [5.74, 6) is -0.335. The van der Waals surface area contributed by atoms with E-state index < -0.39 is 0 Å². The minimum Gasteiger partial charge on any atom is -0.469 e. The minimum absolute atomic E-state index is 0.172. The lowest BCUT2D eigenvalue weighted by Crippen LogP contribution is -2.36. The van der Waals surface area contributed by atoms with Gasteiger partial charge in [0.1, 0.15) is 0 Å². The molecule has 0 N–H and O–H groups in total. The monoisotopic (exact) mass is 341 g/mol. The van der Waals surface area contributed by atoms with E-state index in [9.17, 15) is 14.4 Å². The van der Waals surface area contributed by atoms with Crippen LogP contribution in [0.2, 0.25) is 0 Å². The van der Waals surface area contributed by atoms with Gasteiger partial charge in [0.25, 0.3) is 5.56 Å². The number of fused-ring (bicyclic) bond motifs is 1. The molecule has 1 aromatic carbocycles. The number of esters is 1. The highest BCUT2D eigenvalue weighted by molar-refractivity contribution is 5.93. The van der Waals surface area contributed by atoms with Crippen LogP contribution in [-0.4, -0.2) is 26.8 Å². The van der Waals surface area contributed by atoms with Crippen LogP contribution in [0.3, 0.4) is 0 Å². The van der Waals surface area contributed by atoms with E-state index in [1.165, 1.54) is 18.7 Å². The second kappa shape index (κ2) is 6.43. The van der Waals surface area contributed by atoms with Crippen LogP contribution >= 0.6 is 0 Å². The fourth-order valence-electron chi connectivity index (χ4n) is 2.99. The van der Waals surface area contributed by atoms with Gasteiger partial charge in [0.15, 0.2) is 0 Å². The van der Waals surface area contributed by atoms with Crippen molar-refractivity contribution in [3.05, 3.63) is 57.4 Å². The van der Waals surface area contributed by atoms with Crippen LogP contribution in [0.15, 0.2) is 46.1 Å². The van der Waals surface area contributed by atoms with E-state index >= 15 is 0 Å². The van der Waals surface area contributed by atoms with Crippen molar-refractivity contribution in [1.29, 1.82) is 0 Å². The number of carbonyl (C=O) groups is 1. The van der Waals surface area contributed by atoms with Crippen molar-refractivity contribution in [2.75, 3.05) is 7.11 Å². The summed E-state index contributed by atoms with van der Waals surface area (Å²) in [6.45, 7) is 0.350. The lowest BCUT2D eigenvalue weighted by Gasteiger charge is -2.09. The van der Waals surface area contributed by atoms with Crippen molar-refractivity contribution in [2.24, 2.45) is 14.1 Å². The molecule has 0 saturated heterocycles. The molecule has 0 aliphatic heterocycles. The average Bonchev–Trinajstić information content (AvgIpc) is 3.03. The molecule has 0 aliphatic rings. The van der Waals surface area contributed by atoms with Gasteiger partial charge in [-0.15, -0.1) is 0 Å². The lowest BCUT2D eigenvalue weighted by atomic mass is 10.1. The van der Waals surface area contributed by atoms with Crippen molar-refractivity contribution in [3.63, 3.8) is 0 Å². The Morgan fingerprint density at radius 2 is 1.76 bits per heavy atom. The Labute approximate surface area is 143 Å². The van der Waals surface area contributed by atoms with E-state index in [4.69, 9.17) is 4.74 Å². The Kier molecular flexibility index (Phi) is 4.31. The SMILES string of the molecule is COC(=O)CCn1cc2c(c1-c1ccccc1)c(=O)n(C)c(=O)n2C. The Morgan fingerprint density at radius 1 is 1.08 bits per heavy atom. The number of ether oxygens (including phenoxy) is 1. The Bertz CT molecular complexity index is 1060. The van der Waals surface area contributed by atoms with Gasteiger partial charge in [0, 0.05) is 26.8 Å². The second-order valence-electron chi connectivity index (χ2n) is 5.83. The number of methoxy groups -OCH3 is 1. The highest BCUT2D eigenvalue weighted by Crippen LogP contribution is 2.28. The second-order valence-corrected chi connectivity index (χ2v) is 5.83. The topological polar surface area (TPSA) is 75.2 Å². The van der Waals surface area contributed by atoms with Gasteiger partial charge in [0.2, 0.25) is 0 Å². The molecule has 7 nitrogen and oxygen atoms in total. The Balaban J connectivity index is 2.33. The smallest absolute Gasteiger partial charge is 0.330 e. The predicted octanol–water partition coefficient (Wildman–Crippen LogP) is 1.27. The highest BCUT2D eigenvalue weighted by Gasteiger charge is 2.19. The summed E-state index contributed by atoms with van der Waals surface area (Å²) in [5, 5.41) is 0.459. The molecule has 2 heterocycles. The molecule has 0 radical (unpaired) electrons. The predicted molar refractivity (Wildman–Crippen MR) is 94.5 cm³/mol. The van der Waals surface area contributed by atoms with Crippen LogP contribution < -0.4 is 11.2 Å². The van der Waals surface area contributed by atoms with Gasteiger partial charge in [-0.2, -0.15) is 0 Å². The van der Waals surface area contributed by atoms with Crippen LogP contribution in [-0.2, 0) is 30.2 Å². The first-order valence-corrected chi connectivity index (χ1v) is 7.86. The quantitative estimate of drug-likeness (QED) is 0.670. The van der Waals surface area contributed by atoms with E-state index in [1.807, 2.05) is 34.9 Å². The van der Waals surface area contributed by atoms with Crippen LogP contribution in [0.25, 0.3) is 22.2 Å². The zero-order valence-corrected chi connectivity index (χ0v) is 14.4. The maximum absolute atomic E-state index is 12.7. The fourth-order valence-corrected chi connectivity index (χ4v) is 2.99. The zero-order chi connectivity index (χ0) is 18.1. The van der Waals surface area contributed by atoms with E-state index in [0.29, 0.717) is 23.1 Å². The minimum atomic E-state index is -0.387. The lowest BCUT2D eigenvalue weighted by molar-refractivity contribution is -0.140. The number of carbonyl (C=O) groups excluding carboxylic acids is 1. The van der Waals surface area contributed by atoms with Crippen molar-refractivity contribution >= 4 is 16.9 Å². The molecule has 0 saturated carbocycles. The normalized spacial score (nSPS) is 11.0. The van der Waals surface area contributed by atoms with Crippen LogP contribution in [0.5, 0.6) is 0 Å². The largest absolute Gasteiger partial charge is 0.469 e. The summed E-state index contributed by atoms with van der Waals surface area (Å²) < 4.78 is 9.07. The standard InChI is InChI=1S/C18H19N3O4/c1-19-13-11-21(10-9-14(22)25-3)16(12-7-5-4-6-8-12)15(13)17(23)20(2)18(19)24/h4-8,11H,9-10H2,1-3H3. The van der Waals surface area contributed by atoms with Gasteiger partial charge < -0.3 is 9.30 Å². The van der Waals surface area contributed by atoms with Gasteiger partial charge in [0.05, 0.1) is 30.1 Å². The molecular weight excluding hydrogens is 322 g/mol. The summed E-state index contributed by atoms with van der Waals surface area (Å²) in [4.78, 5) is 36.5. The molecule has 0 unspecified atom stereocenters. The molecule has 7 heteroatoms. The summed E-state index contributed by atoms with van der Waals surface area (Å²) >= 11 is 0. The number of aryl methyl sites for hydroxylation is 2. The summed E-state index contributed by atoms with van der Waals surface area (Å²) in [6.07, 6.45) is 1.91. The number of aromatic nitrogens is 3. The highest BCUT2D eigenvalue weighted by atomic mass is 16.5. The Hall–Kier alpha value is -3.09. The molecule has 0 aliphatic carbocycles. The third kappa shape index (κ3) is 2.77. The van der Waals surface area contributed by atoms with Gasteiger partial charge >= 0.3 is 11.7 Å². The third-order valence-corrected chi connectivity index (χ3v) is 4.34. The van der Waals surface area contributed by atoms with Crippen molar-refractivity contribution in [1.82, 2.24) is 13.7 Å². The fraction of sp³-hybridized carbons (Fsp3) is 0.278. The molecule has 130 valence electrons. The van der Waals surface area contributed by atoms with Gasteiger partial charge in [-0.1, -0.05) is 30.3 Å². The number of benzene rings is 1. The van der Waals surface area contributed by atoms with E-state index in [-0.39, 0.29) is 23.6 Å². The van der Waals surface area contributed by atoms with Crippen molar-refractivity contribution in [3.8, 4) is 11.3 Å². The molecule has 0 fully saturated rings. The molecule has 3 aromatic rings. The Morgan fingerprint density at radius 3 is 2.40 bits per heavy atom. The van der Waals surface area contributed by atoms with Gasteiger partial charge in [-0.05, 0) is 5.56 Å². The number of hydrogen-bond acceptors (Lipinski definition) is 4. The van der Waals surface area contributed by atoms with Crippen LogP contribution in [0.1, 0.15) is 6.42 Å². The summed E-state index contributed by atoms with van der Waals surface area (Å²) in [5.41, 5.74) is 1.33. The maximum Gasteiger partial charge on any atom is 0.330 e. The maximum atomic E-state index is 12.7. The number of rotatable bonds is 4. The van der Waals surface area contributed by atoms with E-state index in [1.54, 1.807) is 13.2 Å². The number of hydrogen-bond donors (Lipinski definition) is 0. The summed E-state index contributed by atoms with van der Waals surface area (Å²) in [7, 11) is 4.43. The molecule has 2 aromatic heterocycles. The van der Waals surface area contributed by atoms with E-state index in [0.717, 1.165) is 10.1 Å². The average molecular weight is 341 g/mol. The molecule has 25 heavy (non-hydrogen) atoms. The molecule has 0 atom stereocenters. The van der Waals surface area contributed by atoms with Gasteiger partial charge in [-0.3, -0.25) is 18.7 Å². The molecule has 0 spiro atoms. The number of nitrogens with zero attached hydrogens (tertiary/aromatic N) is 3. The van der Waals surface area contributed by atoms with E-state index in [2.05, 4.69) is 0 Å². The zero-order valence-electron chi connectivity index (χ0n) is 14.4. The molecular formula is C18H19N3O4. The molecule has 0 bridgehead atoms.